The Morgan fingerprint density at radius 2 is 1.06 bits per heavy atom. The standard InChI is InChI=1S/C24H26O7/c1-28-18-9-5-15(6-10-18)20-13-17(25)14-21(16-7-11-19(29-2)12-8-16)24(20,22(26)30-3)23(27)31-4/h5-12,20-21H,13-14H2,1-4H3. The molecule has 0 N–H and O–H groups in total. The van der Waals surface area contributed by atoms with Crippen molar-refractivity contribution in [1.29, 1.82) is 0 Å². The zero-order valence-corrected chi connectivity index (χ0v) is 18.0. The molecule has 2 atom stereocenters. The van der Waals surface area contributed by atoms with Crippen molar-refractivity contribution in [2.24, 2.45) is 5.41 Å². The molecule has 7 heteroatoms. The fourth-order valence-corrected chi connectivity index (χ4v) is 4.53. The van der Waals surface area contributed by atoms with E-state index >= 15 is 0 Å². The third kappa shape index (κ3) is 3.87. The molecular formula is C24H26O7. The van der Waals surface area contributed by atoms with E-state index in [1.165, 1.54) is 14.2 Å². The minimum absolute atomic E-state index is 0.0170. The average Bonchev–Trinajstić information content (AvgIpc) is 2.82. The molecule has 0 radical (unpaired) electrons. The lowest BCUT2D eigenvalue weighted by Crippen LogP contribution is -2.54. The van der Waals surface area contributed by atoms with E-state index in [9.17, 15) is 14.4 Å². The number of ether oxygens (including phenoxy) is 4. The first kappa shape index (κ1) is 22.3. The number of hydrogen-bond donors (Lipinski definition) is 0. The fraction of sp³-hybridized carbons (Fsp3) is 0.375. The topological polar surface area (TPSA) is 88.1 Å². The normalized spacial score (nSPS) is 19.9. The number of rotatable bonds is 6. The van der Waals surface area contributed by atoms with E-state index in [1.807, 2.05) is 0 Å². The Bertz CT molecular complexity index is 869. The summed E-state index contributed by atoms with van der Waals surface area (Å²) in [4.78, 5) is 39.5. The van der Waals surface area contributed by atoms with Crippen molar-refractivity contribution >= 4 is 17.7 Å². The number of ketones is 1. The van der Waals surface area contributed by atoms with Crippen LogP contribution in [-0.2, 0) is 23.9 Å². The van der Waals surface area contributed by atoms with Crippen LogP contribution in [-0.4, -0.2) is 46.2 Å². The van der Waals surface area contributed by atoms with Crippen molar-refractivity contribution < 1.29 is 33.3 Å². The summed E-state index contributed by atoms with van der Waals surface area (Å²) in [6.45, 7) is 0. The molecule has 0 bridgehead atoms. The van der Waals surface area contributed by atoms with Gasteiger partial charge >= 0.3 is 11.9 Å². The predicted octanol–water partition coefficient (Wildman–Crippen LogP) is 3.27. The van der Waals surface area contributed by atoms with E-state index in [4.69, 9.17) is 18.9 Å². The predicted molar refractivity (Wildman–Crippen MR) is 112 cm³/mol. The number of hydrogen-bond acceptors (Lipinski definition) is 7. The van der Waals surface area contributed by atoms with Crippen LogP contribution in [0, 0.1) is 5.41 Å². The molecule has 0 aromatic heterocycles. The van der Waals surface area contributed by atoms with Gasteiger partial charge in [-0.3, -0.25) is 14.4 Å². The first-order chi connectivity index (χ1) is 14.9. The van der Waals surface area contributed by atoms with Crippen molar-refractivity contribution in [2.45, 2.75) is 24.7 Å². The number of Topliss-reactive ketones (excluding diaryl/α,β-unsaturated/α-hetero) is 1. The molecule has 1 saturated carbocycles. The van der Waals surface area contributed by atoms with Crippen molar-refractivity contribution in [3.63, 3.8) is 0 Å². The number of carbonyl (C=O) groups is 3. The molecule has 0 saturated heterocycles. The van der Waals surface area contributed by atoms with E-state index in [2.05, 4.69) is 0 Å². The third-order valence-electron chi connectivity index (χ3n) is 6.05. The van der Waals surface area contributed by atoms with Gasteiger partial charge in [-0.05, 0) is 35.4 Å². The molecule has 164 valence electrons. The Morgan fingerprint density at radius 3 is 1.35 bits per heavy atom. The molecule has 0 spiro atoms. The zero-order chi connectivity index (χ0) is 22.6. The largest absolute Gasteiger partial charge is 0.497 e. The second-order valence-electron chi connectivity index (χ2n) is 7.45. The molecular weight excluding hydrogens is 400 g/mol. The van der Waals surface area contributed by atoms with Gasteiger partial charge in [0.2, 0.25) is 0 Å². The Kier molecular flexibility index (Phi) is 6.63. The number of esters is 2. The summed E-state index contributed by atoms with van der Waals surface area (Å²) in [5.41, 5.74) is -0.410. The second kappa shape index (κ2) is 9.20. The minimum Gasteiger partial charge on any atom is -0.497 e. The second-order valence-corrected chi connectivity index (χ2v) is 7.45. The summed E-state index contributed by atoms with van der Waals surface area (Å²) in [5, 5.41) is 0. The van der Waals surface area contributed by atoms with E-state index in [0.29, 0.717) is 22.6 Å². The van der Waals surface area contributed by atoms with Gasteiger partial charge in [0, 0.05) is 24.7 Å². The highest BCUT2D eigenvalue weighted by Gasteiger charge is 2.63. The van der Waals surface area contributed by atoms with Crippen LogP contribution >= 0.6 is 0 Å². The van der Waals surface area contributed by atoms with Gasteiger partial charge < -0.3 is 18.9 Å². The first-order valence-electron chi connectivity index (χ1n) is 9.88. The highest BCUT2D eigenvalue weighted by Crippen LogP contribution is 2.55. The average molecular weight is 426 g/mol. The molecule has 3 rings (SSSR count). The SMILES string of the molecule is COC(=O)C1(C(=O)OC)C(c2ccc(OC)cc2)CC(=O)CC1c1ccc(OC)cc1. The van der Waals surface area contributed by atoms with Gasteiger partial charge in [-0.25, -0.2) is 0 Å². The summed E-state index contributed by atoms with van der Waals surface area (Å²) in [6, 6.07) is 14.0. The van der Waals surface area contributed by atoms with Gasteiger partial charge in [0.25, 0.3) is 0 Å². The van der Waals surface area contributed by atoms with Crippen LogP contribution in [0.25, 0.3) is 0 Å². The Hall–Kier alpha value is -3.35. The number of benzene rings is 2. The highest BCUT2D eigenvalue weighted by atomic mass is 16.5. The molecule has 1 aliphatic carbocycles. The van der Waals surface area contributed by atoms with Crippen LogP contribution in [0.15, 0.2) is 48.5 Å². The smallest absolute Gasteiger partial charge is 0.324 e. The molecule has 1 aliphatic rings. The lowest BCUT2D eigenvalue weighted by atomic mass is 9.56. The summed E-state index contributed by atoms with van der Waals surface area (Å²) < 4.78 is 20.7. The number of methoxy groups -OCH3 is 4. The van der Waals surface area contributed by atoms with Gasteiger partial charge in [0.15, 0.2) is 5.41 Å². The van der Waals surface area contributed by atoms with Crippen LogP contribution in [0.4, 0.5) is 0 Å². The van der Waals surface area contributed by atoms with Crippen LogP contribution in [0.3, 0.4) is 0 Å². The quantitative estimate of drug-likeness (QED) is 0.517. The van der Waals surface area contributed by atoms with Gasteiger partial charge in [-0.2, -0.15) is 0 Å². The van der Waals surface area contributed by atoms with Crippen LogP contribution < -0.4 is 9.47 Å². The van der Waals surface area contributed by atoms with Crippen LogP contribution in [0.1, 0.15) is 35.8 Å². The maximum Gasteiger partial charge on any atom is 0.324 e. The molecule has 0 aliphatic heterocycles. The number of carbonyl (C=O) groups excluding carboxylic acids is 3. The van der Waals surface area contributed by atoms with Crippen molar-refractivity contribution in [3.05, 3.63) is 59.7 Å². The molecule has 2 aromatic carbocycles. The molecule has 1 fully saturated rings. The Morgan fingerprint density at radius 1 is 0.710 bits per heavy atom. The molecule has 2 aromatic rings. The maximum atomic E-state index is 13.3. The van der Waals surface area contributed by atoms with Crippen molar-refractivity contribution in [1.82, 2.24) is 0 Å². The lowest BCUT2D eigenvalue weighted by molar-refractivity contribution is -0.175. The molecule has 0 amide bonds. The van der Waals surface area contributed by atoms with E-state index in [0.717, 1.165) is 0 Å². The first-order valence-corrected chi connectivity index (χ1v) is 9.88. The monoisotopic (exact) mass is 426 g/mol. The minimum atomic E-state index is -1.72. The van der Waals surface area contributed by atoms with Gasteiger partial charge in [-0.15, -0.1) is 0 Å². The highest BCUT2D eigenvalue weighted by molar-refractivity contribution is 6.05. The van der Waals surface area contributed by atoms with E-state index in [-0.39, 0.29) is 18.6 Å². The van der Waals surface area contributed by atoms with E-state index in [1.54, 1.807) is 62.8 Å². The summed E-state index contributed by atoms with van der Waals surface area (Å²) in [7, 11) is 5.57. The Labute approximate surface area is 181 Å². The van der Waals surface area contributed by atoms with Gasteiger partial charge in [-0.1, -0.05) is 24.3 Å². The van der Waals surface area contributed by atoms with Crippen LogP contribution in [0.2, 0.25) is 0 Å². The van der Waals surface area contributed by atoms with E-state index < -0.39 is 29.2 Å². The molecule has 31 heavy (non-hydrogen) atoms. The van der Waals surface area contributed by atoms with Gasteiger partial charge in [0.05, 0.1) is 28.4 Å². The summed E-state index contributed by atoms with van der Waals surface area (Å²) in [6.07, 6.45) is 0.0341. The summed E-state index contributed by atoms with van der Waals surface area (Å²) >= 11 is 0. The third-order valence-corrected chi connectivity index (χ3v) is 6.05. The van der Waals surface area contributed by atoms with Crippen molar-refractivity contribution in [3.8, 4) is 11.5 Å². The van der Waals surface area contributed by atoms with Gasteiger partial charge in [0.1, 0.15) is 17.3 Å². The lowest BCUT2D eigenvalue weighted by Gasteiger charge is -2.44. The Balaban J connectivity index is 2.24. The molecule has 0 heterocycles. The zero-order valence-electron chi connectivity index (χ0n) is 18.0. The van der Waals surface area contributed by atoms with Crippen molar-refractivity contribution in [2.75, 3.05) is 28.4 Å². The summed E-state index contributed by atoms with van der Waals surface area (Å²) in [5.74, 6) is -1.77. The maximum absolute atomic E-state index is 13.3. The van der Waals surface area contributed by atoms with Crippen LogP contribution in [0.5, 0.6) is 11.5 Å². The fourth-order valence-electron chi connectivity index (χ4n) is 4.53. The molecule has 2 unspecified atom stereocenters. The molecule has 7 nitrogen and oxygen atoms in total.